The summed E-state index contributed by atoms with van der Waals surface area (Å²) in [6, 6.07) is -0.995. The van der Waals surface area contributed by atoms with Crippen molar-refractivity contribution in [3.05, 3.63) is 33.3 Å². The van der Waals surface area contributed by atoms with Crippen LogP contribution in [0.2, 0.25) is 0 Å². The number of allylic oxidation sites excluding steroid dienone is 3. The minimum absolute atomic E-state index is 0.0810. The molecule has 180 valence electrons. The first-order valence-corrected chi connectivity index (χ1v) is 10.6. The normalized spacial score (nSPS) is 28.3. The Labute approximate surface area is 180 Å². The van der Waals surface area contributed by atoms with E-state index in [1.165, 1.54) is 0 Å². The van der Waals surface area contributed by atoms with Crippen LogP contribution in [0.1, 0.15) is 17.3 Å². The maximum Gasteiger partial charge on any atom is 0.332 e. The lowest BCUT2D eigenvalue weighted by Crippen LogP contribution is -2.30. The molecule has 2 atom stereocenters. The van der Waals surface area contributed by atoms with E-state index in [1.807, 2.05) is 0 Å². The fraction of sp³-hybridized carbons (Fsp3) is 0.429. The minimum atomic E-state index is -10.3. The van der Waals surface area contributed by atoms with Crippen LogP contribution in [0.5, 0.6) is 0 Å². The SMILES string of the molecule is N#Cc1nn(C2C(Cl)=CC(S(F)(F)(F)(F)F)=CC2Cl)c(N)c1C1(C(F)F)C(F)(F)C1(F)F. The van der Waals surface area contributed by atoms with Gasteiger partial charge in [0.1, 0.15) is 22.8 Å². The van der Waals surface area contributed by atoms with E-state index in [9.17, 15) is 45.8 Å². The van der Waals surface area contributed by atoms with E-state index >= 15 is 0 Å². The largest absolute Gasteiger partial charge is 0.384 e. The van der Waals surface area contributed by atoms with Gasteiger partial charge < -0.3 is 5.73 Å². The van der Waals surface area contributed by atoms with Crippen molar-refractivity contribution < 1.29 is 45.8 Å². The van der Waals surface area contributed by atoms with Gasteiger partial charge in [0.15, 0.2) is 5.69 Å². The molecule has 0 aliphatic heterocycles. The summed E-state index contributed by atoms with van der Waals surface area (Å²) in [7, 11) is -10.3. The van der Waals surface area contributed by atoms with Gasteiger partial charge in [-0.2, -0.15) is 27.9 Å². The Hall–Kier alpha value is -1.86. The van der Waals surface area contributed by atoms with Crippen LogP contribution in [0, 0.1) is 11.3 Å². The molecule has 3 rings (SSSR count). The second-order valence-electron chi connectivity index (χ2n) is 6.88. The fourth-order valence-electron chi connectivity index (χ4n) is 3.42. The van der Waals surface area contributed by atoms with Gasteiger partial charge in [0.05, 0.1) is 10.9 Å². The predicted octanol–water partition coefficient (Wildman–Crippen LogP) is 6.59. The summed E-state index contributed by atoms with van der Waals surface area (Å²) in [6.45, 7) is 0. The number of anilines is 1. The van der Waals surface area contributed by atoms with E-state index in [2.05, 4.69) is 5.10 Å². The van der Waals surface area contributed by atoms with Crippen molar-refractivity contribution >= 4 is 39.2 Å². The molecule has 18 heteroatoms. The second kappa shape index (κ2) is 5.98. The van der Waals surface area contributed by atoms with E-state index in [0.29, 0.717) is 0 Å². The lowest BCUT2D eigenvalue weighted by Gasteiger charge is -2.43. The average Bonchev–Trinajstić information content (AvgIpc) is 2.80. The number of halogens is 13. The van der Waals surface area contributed by atoms with Crippen molar-refractivity contribution in [1.29, 1.82) is 5.26 Å². The molecule has 2 unspecified atom stereocenters. The molecule has 2 aliphatic carbocycles. The van der Waals surface area contributed by atoms with Crippen molar-refractivity contribution in [3.63, 3.8) is 0 Å². The maximum absolute atomic E-state index is 13.8. The van der Waals surface area contributed by atoms with Gasteiger partial charge in [-0.1, -0.05) is 31.0 Å². The van der Waals surface area contributed by atoms with Crippen molar-refractivity contribution in [2.45, 2.75) is 35.1 Å². The summed E-state index contributed by atoms with van der Waals surface area (Å²) in [6.07, 6.45) is -4.98. The van der Waals surface area contributed by atoms with Gasteiger partial charge in [0.25, 0.3) is 6.43 Å². The maximum atomic E-state index is 13.8. The standard InChI is InChI=1S/C14H7Cl2F11N4S/c15-5-1-4(32(23,24,25,26)27)2-6(16)9(5)31-10(29)8(7(3-28)30-31)12(11(17)18)13(19,20)14(12,21)22/h1-2,5,9,11H,29H2. The van der Waals surface area contributed by atoms with Crippen molar-refractivity contribution in [3.8, 4) is 6.07 Å². The summed E-state index contributed by atoms with van der Waals surface area (Å²) in [5.74, 6) is -12.2. The van der Waals surface area contributed by atoms with Gasteiger partial charge in [-0.15, -0.1) is 11.6 Å². The van der Waals surface area contributed by atoms with Crippen molar-refractivity contribution in [2.75, 3.05) is 5.73 Å². The monoisotopic (exact) mass is 542 g/mol. The predicted molar refractivity (Wildman–Crippen MR) is 92.8 cm³/mol. The molecule has 1 heterocycles. The zero-order valence-electron chi connectivity index (χ0n) is 14.6. The van der Waals surface area contributed by atoms with E-state index in [-0.39, 0.29) is 16.8 Å². The van der Waals surface area contributed by atoms with Crippen LogP contribution in [0.3, 0.4) is 0 Å². The van der Waals surface area contributed by atoms with Gasteiger partial charge in [-0.25, -0.2) is 13.5 Å². The zero-order valence-corrected chi connectivity index (χ0v) is 17.0. The number of alkyl halides is 7. The van der Waals surface area contributed by atoms with E-state index in [0.717, 1.165) is 6.07 Å². The molecule has 1 saturated carbocycles. The Balaban J connectivity index is 2.21. The minimum Gasteiger partial charge on any atom is -0.384 e. The van der Waals surface area contributed by atoms with Crippen LogP contribution in [-0.2, 0) is 5.41 Å². The van der Waals surface area contributed by atoms with Gasteiger partial charge in [0.2, 0.25) is 5.41 Å². The quantitative estimate of drug-likeness (QED) is 0.344. The molecule has 0 saturated heterocycles. The smallest absolute Gasteiger partial charge is 0.332 e. The highest BCUT2D eigenvalue weighted by molar-refractivity contribution is 8.48. The average molecular weight is 543 g/mol. The molecule has 4 nitrogen and oxygen atoms in total. The summed E-state index contributed by atoms with van der Waals surface area (Å²) in [5.41, 5.74) is -2.34. The summed E-state index contributed by atoms with van der Waals surface area (Å²) >= 11 is 11.3. The Morgan fingerprint density at radius 1 is 1.12 bits per heavy atom. The molecule has 0 aromatic carbocycles. The number of aromatic nitrogens is 2. The summed E-state index contributed by atoms with van der Waals surface area (Å²) in [5, 5.41) is 8.94. The first kappa shape index (κ1) is 24.8. The number of hydrogen-bond acceptors (Lipinski definition) is 3. The lowest BCUT2D eigenvalue weighted by molar-refractivity contribution is -0.0278. The van der Waals surface area contributed by atoms with Crippen LogP contribution in [0.4, 0.5) is 51.6 Å². The fourth-order valence-corrected chi connectivity index (χ4v) is 5.10. The highest BCUT2D eigenvalue weighted by Gasteiger charge is 3.01. The van der Waals surface area contributed by atoms with E-state index in [1.54, 1.807) is 0 Å². The van der Waals surface area contributed by atoms with Gasteiger partial charge in [-0.3, -0.25) is 0 Å². The first-order chi connectivity index (χ1) is 14.1. The van der Waals surface area contributed by atoms with Crippen LogP contribution >= 0.6 is 33.4 Å². The summed E-state index contributed by atoms with van der Waals surface area (Å²) < 4.78 is 148. The molecule has 0 radical (unpaired) electrons. The van der Waals surface area contributed by atoms with Gasteiger partial charge in [0, 0.05) is 5.03 Å². The Bertz CT molecular complexity index is 1100. The van der Waals surface area contributed by atoms with Crippen LogP contribution < -0.4 is 5.73 Å². The summed E-state index contributed by atoms with van der Waals surface area (Å²) in [4.78, 5) is -2.53. The number of nitrogens with zero attached hydrogens (tertiary/aromatic N) is 3. The second-order valence-corrected chi connectivity index (χ2v) is 10.2. The van der Waals surface area contributed by atoms with Crippen LogP contribution in [-0.4, -0.2) is 33.4 Å². The van der Waals surface area contributed by atoms with Crippen molar-refractivity contribution in [2.24, 2.45) is 0 Å². The molecule has 1 aromatic rings. The van der Waals surface area contributed by atoms with E-state index in [4.69, 9.17) is 34.2 Å². The van der Waals surface area contributed by atoms with Crippen LogP contribution in [0.25, 0.3) is 0 Å². The number of hydrogen-bond donors (Lipinski definition) is 1. The van der Waals surface area contributed by atoms with Crippen molar-refractivity contribution in [1.82, 2.24) is 9.78 Å². The topological polar surface area (TPSA) is 67.6 Å². The number of nitrogens with two attached hydrogens (primary N) is 1. The lowest BCUT2D eigenvalue weighted by atomic mass is 9.94. The highest BCUT2D eigenvalue weighted by atomic mass is 35.5. The third-order valence-electron chi connectivity index (χ3n) is 4.99. The molecule has 0 spiro atoms. The molecule has 2 N–H and O–H groups in total. The molecule has 0 amide bonds. The molecule has 1 fully saturated rings. The number of rotatable bonds is 4. The van der Waals surface area contributed by atoms with Crippen LogP contribution in [0.15, 0.2) is 22.1 Å². The Morgan fingerprint density at radius 3 is 1.97 bits per heavy atom. The Kier molecular flexibility index (Phi) is 4.63. The molecule has 0 bridgehead atoms. The third-order valence-corrected chi connectivity index (χ3v) is 6.84. The molecule has 1 aromatic heterocycles. The molecule has 32 heavy (non-hydrogen) atoms. The number of nitriles is 1. The third kappa shape index (κ3) is 3.00. The number of nitrogen functional groups attached to an aromatic ring is 1. The van der Waals surface area contributed by atoms with Gasteiger partial charge in [-0.05, 0) is 12.2 Å². The zero-order chi connectivity index (χ0) is 24.9. The molecular formula is C14H7Cl2F11N4S. The molecular weight excluding hydrogens is 536 g/mol. The molecule has 2 aliphatic rings. The van der Waals surface area contributed by atoms with E-state index < -0.39 is 72.3 Å². The Morgan fingerprint density at radius 2 is 1.62 bits per heavy atom. The highest BCUT2D eigenvalue weighted by Crippen LogP contribution is 3.02. The van der Waals surface area contributed by atoms with Gasteiger partial charge >= 0.3 is 22.1 Å². The first-order valence-electron chi connectivity index (χ1n) is 7.85.